The lowest BCUT2D eigenvalue weighted by Gasteiger charge is -2.23. The van der Waals surface area contributed by atoms with Gasteiger partial charge in [0.15, 0.2) is 0 Å². The highest BCUT2D eigenvalue weighted by Crippen LogP contribution is 2.39. The van der Waals surface area contributed by atoms with Crippen LogP contribution in [0.5, 0.6) is 0 Å². The van der Waals surface area contributed by atoms with E-state index in [2.05, 4.69) is 10.6 Å². The number of halogens is 1. The highest BCUT2D eigenvalue weighted by atomic mass is 19.1. The summed E-state index contributed by atoms with van der Waals surface area (Å²) in [6.45, 7) is 6.97. The Kier molecular flexibility index (Phi) is 5.87. The summed E-state index contributed by atoms with van der Waals surface area (Å²) in [5.74, 6) is -1.31. The number of rotatable bonds is 4. The normalized spacial score (nSPS) is 16.8. The first kappa shape index (κ1) is 20.4. The van der Waals surface area contributed by atoms with E-state index in [9.17, 15) is 24.1 Å². The molecule has 10 heteroatoms. The summed E-state index contributed by atoms with van der Waals surface area (Å²) in [6.07, 6.45) is -0.0999. The summed E-state index contributed by atoms with van der Waals surface area (Å²) >= 11 is 0. The van der Waals surface area contributed by atoms with Gasteiger partial charge in [0, 0.05) is 26.1 Å². The number of carbonyl (C=O) groups excluding carboxylic acids is 2. The monoisotopic (exact) mass is 382 g/mol. The molecule has 1 aromatic carbocycles. The number of ether oxygens (including phenoxy) is 1. The number of hydrogen-bond acceptors (Lipinski definition) is 6. The molecule has 9 nitrogen and oxygen atoms in total. The fourth-order valence-corrected chi connectivity index (χ4v) is 2.87. The Bertz CT molecular complexity index is 762. The van der Waals surface area contributed by atoms with Crippen LogP contribution in [0.25, 0.3) is 0 Å². The lowest BCUT2D eigenvalue weighted by molar-refractivity contribution is -0.384. The third-order valence-electron chi connectivity index (χ3n) is 3.83. The molecule has 2 N–H and O–H groups in total. The van der Waals surface area contributed by atoms with E-state index in [0.29, 0.717) is 13.0 Å². The molecule has 0 bridgehead atoms. The molecule has 0 spiro atoms. The lowest BCUT2D eigenvalue weighted by Crippen LogP contribution is -2.40. The van der Waals surface area contributed by atoms with Crippen molar-refractivity contribution >= 4 is 29.1 Å². The Morgan fingerprint density at radius 3 is 2.59 bits per heavy atom. The molecule has 1 atom stereocenters. The average molecular weight is 382 g/mol. The zero-order valence-electron chi connectivity index (χ0n) is 15.7. The molecular weight excluding hydrogens is 359 g/mol. The fourth-order valence-electron chi connectivity index (χ4n) is 2.87. The van der Waals surface area contributed by atoms with Crippen LogP contribution in [0.1, 0.15) is 34.1 Å². The van der Waals surface area contributed by atoms with Crippen molar-refractivity contribution in [2.75, 3.05) is 23.3 Å². The van der Waals surface area contributed by atoms with Gasteiger partial charge in [0.05, 0.1) is 11.0 Å². The quantitative estimate of drug-likeness (QED) is 0.611. The molecule has 0 saturated carbocycles. The maximum Gasteiger partial charge on any atom is 0.407 e. The molecule has 1 fully saturated rings. The predicted molar refractivity (Wildman–Crippen MR) is 97.3 cm³/mol. The highest BCUT2D eigenvalue weighted by Gasteiger charge is 2.33. The minimum absolute atomic E-state index is 0.0105. The summed E-state index contributed by atoms with van der Waals surface area (Å²) in [6, 6.07) is 1.68. The zero-order valence-corrected chi connectivity index (χ0v) is 15.7. The van der Waals surface area contributed by atoms with Crippen molar-refractivity contribution in [1.82, 2.24) is 5.32 Å². The van der Waals surface area contributed by atoms with Crippen molar-refractivity contribution in [2.24, 2.45) is 0 Å². The highest BCUT2D eigenvalue weighted by molar-refractivity contribution is 5.95. The van der Waals surface area contributed by atoms with Gasteiger partial charge in [-0.2, -0.15) is 0 Å². The molecule has 148 valence electrons. The topological polar surface area (TPSA) is 114 Å². The minimum atomic E-state index is -0.769. The third-order valence-corrected chi connectivity index (χ3v) is 3.83. The molecule has 0 aromatic heterocycles. The maximum absolute atomic E-state index is 14.2. The second-order valence-corrected chi connectivity index (χ2v) is 7.31. The Morgan fingerprint density at radius 2 is 2.04 bits per heavy atom. The predicted octanol–water partition coefficient (Wildman–Crippen LogP) is 2.80. The van der Waals surface area contributed by atoms with Crippen LogP contribution in [0.4, 0.5) is 26.2 Å². The van der Waals surface area contributed by atoms with E-state index in [4.69, 9.17) is 4.74 Å². The second-order valence-electron chi connectivity index (χ2n) is 7.31. The molecule has 1 heterocycles. The number of hydrogen-bond donors (Lipinski definition) is 2. The van der Waals surface area contributed by atoms with Gasteiger partial charge in [-0.15, -0.1) is 0 Å². The molecule has 1 aromatic rings. The Hall–Kier alpha value is -2.91. The van der Waals surface area contributed by atoms with Gasteiger partial charge in [-0.05, 0) is 33.3 Å². The number of nitrogens with zero attached hydrogens (tertiary/aromatic N) is 2. The summed E-state index contributed by atoms with van der Waals surface area (Å²) in [5.41, 5.74) is -1.22. The Labute approximate surface area is 156 Å². The van der Waals surface area contributed by atoms with Gasteiger partial charge in [-0.25, -0.2) is 9.18 Å². The van der Waals surface area contributed by atoms with Crippen LogP contribution in [0.2, 0.25) is 0 Å². The first-order chi connectivity index (χ1) is 12.5. The van der Waals surface area contributed by atoms with Crippen LogP contribution in [-0.4, -0.2) is 41.7 Å². The SMILES string of the molecule is CC(=O)Nc1c(F)ccc([N+](=O)[O-])c1N1CC[C@H](NC(=O)OC(C)(C)C)C1. The zero-order chi connectivity index (χ0) is 20.4. The van der Waals surface area contributed by atoms with E-state index in [1.165, 1.54) is 6.92 Å². The lowest BCUT2D eigenvalue weighted by atomic mass is 10.2. The number of anilines is 2. The molecule has 1 aliphatic rings. The fraction of sp³-hybridized carbons (Fsp3) is 0.529. The van der Waals surface area contributed by atoms with E-state index < -0.39 is 28.3 Å². The van der Waals surface area contributed by atoms with E-state index in [0.717, 1.165) is 12.1 Å². The van der Waals surface area contributed by atoms with E-state index in [-0.39, 0.29) is 29.6 Å². The molecule has 2 amide bonds. The van der Waals surface area contributed by atoms with E-state index in [1.807, 2.05) is 0 Å². The number of nitro groups is 1. The van der Waals surface area contributed by atoms with Crippen LogP contribution < -0.4 is 15.5 Å². The molecule has 1 saturated heterocycles. The van der Waals surface area contributed by atoms with Gasteiger partial charge in [0.2, 0.25) is 5.91 Å². The van der Waals surface area contributed by atoms with Crippen molar-refractivity contribution in [1.29, 1.82) is 0 Å². The van der Waals surface area contributed by atoms with Crippen molar-refractivity contribution in [2.45, 2.75) is 45.8 Å². The number of nitro benzene ring substituents is 1. The number of carbonyl (C=O) groups is 2. The van der Waals surface area contributed by atoms with Gasteiger partial charge < -0.3 is 20.3 Å². The Morgan fingerprint density at radius 1 is 1.37 bits per heavy atom. The largest absolute Gasteiger partial charge is 0.444 e. The van der Waals surface area contributed by atoms with Crippen LogP contribution in [0.3, 0.4) is 0 Å². The Balaban J connectivity index is 2.25. The van der Waals surface area contributed by atoms with Crippen LogP contribution in [0.15, 0.2) is 12.1 Å². The number of alkyl carbamates (subject to hydrolysis) is 1. The van der Waals surface area contributed by atoms with Crippen LogP contribution in [0, 0.1) is 15.9 Å². The standard InChI is InChI=1S/C17H23FN4O5/c1-10(23)19-14-12(18)5-6-13(22(25)26)15(14)21-8-7-11(9-21)20-16(24)27-17(2,3)4/h5-6,11H,7-9H2,1-4H3,(H,19,23)(H,20,24)/t11-/m0/s1. The van der Waals surface area contributed by atoms with Crippen molar-refractivity contribution in [3.8, 4) is 0 Å². The van der Waals surface area contributed by atoms with Gasteiger partial charge >= 0.3 is 6.09 Å². The van der Waals surface area contributed by atoms with Crippen LogP contribution >= 0.6 is 0 Å². The maximum atomic E-state index is 14.2. The summed E-state index contributed by atoms with van der Waals surface area (Å²) in [5, 5.41) is 16.4. The second kappa shape index (κ2) is 7.77. The van der Waals surface area contributed by atoms with Gasteiger partial charge in [-0.3, -0.25) is 14.9 Å². The average Bonchev–Trinajstić information content (AvgIpc) is 2.94. The summed E-state index contributed by atoms with van der Waals surface area (Å²) in [4.78, 5) is 35.7. The summed E-state index contributed by atoms with van der Waals surface area (Å²) < 4.78 is 19.5. The number of nitrogens with one attached hydrogen (secondary N) is 2. The molecule has 0 aliphatic carbocycles. The van der Waals surface area contributed by atoms with Crippen molar-refractivity contribution in [3.63, 3.8) is 0 Å². The first-order valence-corrected chi connectivity index (χ1v) is 8.47. The molecule has 0 unspecified atom stereocenters. The molecular formula is C17H23FN4O5. The van der Waals surface area contributed by atoms with Crippen LogP contribution in [-0.2, 0) is 9.53 Å². The summed E-state index contributed by atoms with van der Waals surface area (Å²) in [7, 11) is 0. The smallest absolute Gasteiger partial charge is 0.407 e. The number of amides is 2. The third kappa shape index (κ3) is 5.28. The van der Waals surface area contributed by atoms with Gasteiger partial charge in [0.1, 0.15) is 22.8 Å². The van der Waals surface area contributed by atoms with Gasteiger partial charge in [-0.1, -0.05) is 0 Å². The molecule has 2 rings (SSSR count). The minimum Gasteiger partial charge on any atom is -0.444 e. The number of benzene rings is 1. The molecule has 0 radical (unpaired) electrons. The van der Waals surface area contributed by atoms with Gasteiger partial charge in [0.25, 0.3) is 5.69 Å². The molecule has 1 aliphatic heterocycles. The first-order valence-electron chi connectivity index (χ1n) is 8.47. The van der Waals surface area contributed by atoms with Crippen molar-refractivity contribution < 1.29 is 23.6 Å². The molecule has 27 heavy (non-hydrogen) atoms. The van der Waals surface area contributed by atoms with E-state index >= 15 is 0 Å². The van der Waals surface area contributed by atoms with Crippen molar-refractivity contribution in [3.05, 3.63) is 28.1 Å². The van der Waals surface area contributed by atoms with E-state index in [1.54, 1.807) is 25.7 Å².